The fourth-order valence-electron chi connectivity index (χ4n) is 1.88. The summed E-state index contributed by atoms with van der Waals surface area (Å²) in [5.74, 6) is -0.794. The van der Waals surface area contributed by atoms with Gasteiger partial charge in [0.05, 0.1) is 12.0 Å². The highest BCUT2D eigenvalue weighted by Crippen LogP contribution is 2.24. The van der Waals surface area contributed by atoms with Crippen LogP contribution in [0.25, 0.3) is 0 Å². The number of nitrogens with one attached hydrogen (secondary N) is 1. The lowest BCUT2D eigenvalue weighted by molar-refractivity contribution is -0.138. The molecule has 5 nitrogen and oxygen atoms in total. The van der Waals surface area contributed by atoms with Crippen LogP contribution in [0.3, 0.4) is 0 Å². The van der Waals surface area contributed by atoms with Gasteiger partial charge in [0.2, 0.25) is 0 Å². The monoisotopic (exact) mass is 194 g/mol. The van der Waals surface area contributed by atoms with E-state index in [0.717, 1.165) is 5.69 Å². The Morgan fingerprint density at radius 1 is 1.64 bits per heavy atom. The molecule has 2 N–H and O–H groups in total. The quantitative estimate of drug-likeness (QED) is 0.692. The van der Waals surface area contributed by atoms with E-state index in [1.165, 1.54) is 6.33 Å². The molecule has 0 aliphatic heterocycles. The minimum atomic E-state index is -0.820. The smallest absolute Gasteiger partial charge is 0.303 e. The third kappa shape index (κ3) is 1.53. The summed E-state index contributed by atoms with van der Waals surface area (Å²) in [5, 5.41) is 8.62. The SMILES string of the molecule is O=C(O)CC1Cc2nc[nH]c(=O)c2C1. The summed E-state index contributed by atoms with van der Waals surface area (Å²) >= 11 is 0. The van der Waals surface area contributed by atoms with Gasteiger partial charge in [-0.1, -0.05) is 0 Å². The zero-order valence-corrected chi connectivity index (χ0v) is 7.49. The van der Waals surface area contributed by atoms with Crippen molar-refractivity contribution in [1.82, 2.24) is 9.97 Å². The van der Waals surface area contributed by atoms with E-state index in [4.69, 9.17) is 5.11 Å². The molecule has 0 spiro atoms. The molecule has 0 aromatic carbocycles. The summed E-state index contributed by atoms with van der Waals surface area (Å²) in [6.45, 7) is 0. The molecule has 1 aromatic heterocycles. The van der Waals surface area contributed by atoms with Gasteiger partial charge in [-0.25, -0.2) is 4.98 Å². The van der Waals surface area contributed by atoms with E-state index < -0.39 is 5.97 Å². The van der Waals surface area contributed by atoms with Crippen molar-refractivity contribution in [2.75, 3.05) is 0 Å². The normalized spacial score (nSPS) is 19.3. The molecule has 74 valence electrons. The van der Waals surface area contributed by atoms with Crippen molar-refractivity contribution >= 4 is 5.97 Å². The van der Waals surface area contributed by atoms with Crippen molar-refractivity contribution in [3.8, 4) is 0 Å². The number of carbonyl (C=O) groups is 1. The van der Waals surface area contributed by atoms with Crippen LogP contribution in [-0.2, 0) is 17.6 Å². The topological polar surface area (TPSA) is 83.0 Å². The molecule has 1 unspecified atom stereocenters. The van der Waals surface area contributed by atoms with E-state index >= 15 is 0 Å². The summed E-state index contributed by atoms with van der Waals surface area (Å²) in [6.07, 6.45) is 2.61. The van der Waals surface area contributed by atoms with Crippen LogP contribution in [-0.4, -0.2) is 21.0 Å². The molecule has 0 amide bonds. The molecular formula is C9H10N2O3. The maximum absolute atomic E-state index is 11.3. The van der Waals surface area contributed by atoms with Crippen LogP contribution in [0.1, 0.15) is 17.7 Å². The molecule has 0 saturated carbocycles. The number of hydrogen-bond donors (Lipinski definition) is 2. The molecule has 0 fully saturated rings. The van der Waals surface area contributed by atoms with Crippen LogP contribution in [0.4, 0.5) is 0 Å². The molecule has 1 atom stereocenters. The second kappa shape index (κ2) is 3.25. The predicted octanol–water partition coefficient (Wildman–Crippen LogP) is -0.0406. The summed E-state index contributed by atoms with van der Waals surface area (Å²) in [7, 11) is 0. The van der Waals surface area contributed by atoms with Crippen molar-refractivity contribution in [1.29, 1.82) is 0 Å². The van der Waals surface area contributed by atoms with E-state index in [-0.39, 0.29) is 17.9 Å². The maximum Gasteiger partial charge on any atom is 0.303 e. The molecule has 1 heterocycles. The molecule has 1 aliphatic carbocycles. The van der Waals surface area contributed by atoms with Crippen molar-refractivity contribution in [2.24, 2.45) is 5.92 Å². The number of nitrogens with zero attached hydrogens (tertiary/aromatic N) is 1. The van der Waals surface area contributed by atoms with Crippen molar-refractivity contribution < 1.29 is 9.90 Å². The van der Waals surface area contributed by atoms with Gasteiger partial charge in [-0.05, 0) is 18.8 Å². The van der Waals surface area contributed by atoms with Crippen molar-refractivity contribution in [3.05, 3.63) is 27.9 Å². The lowest BCUT2D eigenvalue weighted by Crippen LogP contribution is -2.13. The number of carboxylic acid groups (broad SMARTS) is 1. The first-order chi connectivity index (χ1) is 6.66. The Morgan fingerprint density at radius 3 is 3.07 bits per heavy atom. The maximum atomic E-state index is 11.3. The third-order valence-electron chi connectivity index (χ3n) is 2.48. The van der Waals surface area contributed by atoms with Crippen LogP contribution in [0.2, 0.25) is 0 Å². The second-order valence-electron chi connectivity index (χ2n) is 3.53. The molecular weight excluding hydrogens is 184 g/mol. The predicted molar refractivity (Wildman–Crippen MR) is 48.0 cm³/mol. The van der Waals surface area contributed by atoms with E-state index in [2.05, 4.69) is 9.97 Å². The summed E-state index contributed by atoms with van der Waals surface area (Å²) in [6, 6.07) is 0. The molecule has 0 saturated heterocycles. The first-order valence-electron chi connectivity index (χ1n) is 4.44. The number of aliphatic carboxylic acids is 1. The van der Waals surface area contributed by atoms with Gasteiger partial charge in [0.1, 0.15) is 0 Å². The Morgan fingerprint density at radius 2 is 2.43 bits per heavy atom. The first-order valence-corrected chi connectivity index (χ1v) is 4.44. The van der Waals surface area contributed by atoms with Crippen LogP contribution in [0.15, 0.2) is 11.1 Å². The molecule has 1 aromatic rings. The van der Waals surface area contributed by atoms with E-state index in [1.54, 1.807) is 0 Å². The summed E-state index contributed by atoms with van der Waals surface area (Å²) in [4.78, 5) is 28.3. The van der Waals surface area contributed by atoms with Crippen molar-refractivity contribution in [3.63, 3.8) is 0 Å². The Balaban J connectivity index is 2.22. The highest BCUT2D eigenvalue weighted by molar-refractivity contribution is 5.67. The van der Waals surface area contributed by atoms with Gasteiger partial charge in [-0.2, -0.15) is 0 Å². The van der Waals surface area contributed by atoms with Gasteiger partial charge < -0.3 is 10.1 Å². The standard InChI is InChI=1S/C9H10N2O3/c12-8(13)3-5-1-6-7(2-5)10-4-11-9(6)14/h4-5H,1-3H2,(H,12,13)(H,10,11,14). The zero-order valence-electron chi connectivity index (χ0n) is 7.49. The van der Waals surface area contributed by atoms with Crippen LogP contribution in [0.5, 0.6) is 0 Å². The number of hydrogen-bond acceptors (Lipinski definition) is 3. The molecule has 14 heavy (non-hydrogen) atoms. The van der Waals surface area contributed by atoms with Gasteiger partial charge in [-0.3, -0.25) is 9.59 Å². The van der Waals surface area contributed by atoms with Gasteiger partial charge in [0.25, 0.3) is 5.56 Å². The molecule has 2 rings (SSSR count). The number of carboxylic acids is 1. The Labute approximate surface area is 79.8 Å². The van der Waals surface area contributed by atoms with Gasteiger partial charge in [0.15, 0.2) is 0 Å². The lowest BCUT2D eigenvalue weighted by Gasteiger charge is -2.02. The van der Waals surface area contributed by atoms with E-state index in [9.17, 15) is 9.59 Å². The number of H-pyrrole nitrogens is 1. The van der Waals surface area contributed by atoms with E-state index in [1.807, 2.05) is 0 Å². The van der Waals surface area contributed by atoms with E-state index in [0.29, 0.717) is 18.4 Å². The Bertz CT molecular complexity index is 424. The average Bonchev–Trinajstić information content (AvgIpc) is 2.47. The van der Waals surface area contributed by atoms with Gasteiger partial charge in [-0.15, -0.1) is 0 Å². The van der Waals surface area contributed by atoms with Crippen LogP contribution in [0, 0.1) is 5.92 Å². The second-order valence-corrected chi connectivity index (χ2v) is 3.53. The van der Waals surface area contributed by atoms with Crippen LogP contribution < -0.4 is 5.56 Å². The van der Waals surface area contributed by atoms with Gasteiger partial charge >= 0.3 is 5.97 Å². The number of aromatic nitrogens is 2. The lowest BCUT2D eigenvalue weighted by atomic mass is 10.0. The Kier molecular flexibility index (Phi) is 2.07. The number of aromatic amines is 1. The zero-order chi connectivity index (χ0) is 10.1. The fourth-order valence-corrected chi connectivity index (χ4v) is 1.88. The molecule has 1 aliphatic rings. The minimum Gasteiger partial charge on any atom is -0.481 e. The fraction of sp³-hybridized carbons (Fsp3) is 0.444. The first kappa shape index (κ1) is 8.93. The molecule has 5 heteroatoms. The molecule has 0 bridgehead atoms. The highest BCUT2D eigenvalue weighted by atomic mass is 16.4. The largest absolute Gasteiger partial charge is 0.481 e. The molecule has 0 radical (unpaired) electrons. The Hall–Kier alpha value is -1.65. The number of fused-ring (bicyclic) bond motifs is 1. The summed E-state index contributed by atoms with van der Waals surface area (Å²) in [5.41, 5.74) is 1.27. The van der Waals surface area contributed by atoms with Crippen molar-refractivity contribution in [2.45, 2.75) is 19.3 Å². The number of rotatable bonds is 2. The average molecular weight is 194 g/mol. The minimum absolute atomic E-state index is 0.0264. The van der Waals surface area contributed by atoms with Crippen LogP contribution >= 0.6 is 0 Å². The third-order valence-corrected chi connectivity index (χ3v) is 2.48. The van der Waals surface area contributed by atoms with Gasteiger partial charge in [0, 0.05) is 12.0 Å². The summed E-state index contributed by atoms with van der Waals surface area (Å²) < 4.78 is 0. The highest BCUT2D eigenvalue weighted by Gasteiger charge is 2.26.